The Labute approximate surface area is 129 Å². The fraction of sp³-hybridized carbons (Fsp3) is 0.714. The number of piperidine rings is 1. The second kappa shape index (κ2) is 7.33. The summed E-state index contributed by atoms with van der Waals surface area (Å²) in [4.78, 5) is 18.5. The number of amides is 1. The summed E-state index contributed by atoms with van der Waals surface area (Å²) < 4.78 is 6.52. The largest absolute Gasteiger partial charge is 0.376 e. The quantitative estimate of drug-likeness (QED) is 0.850. The standard InChI is InChI=1S/C14H22N2O2S2/c1-3-7-18-11-5-4-6-16(9-11)13(17)8-12-10(2)15-14(19)20-12/h11H,3-9H2,1-2H3,(H,15,19)/t11-/m1/s1. The number of ether oxygens (including phenoxy) is 1. The molecule has 0 bridgehead atoms. The van der Waals surface area contributed by atoms with Gasteiger partial charge in [0, 0.05) is 30.3 Å². The molecule has 1 aliphatic rings. The number of nitrogens with zero attached hydrogens (tertiary/aromatic N) is 1. The first-order valence-electron chi connectivity index (χ1n) is 7.18. The van der Waals surface area contributed by atoms with Crippen molar-refractivity contribution in [2.45, 2.75) is 45.6 Å². The van der Waals surface area contributed by atoms with E-state index in [1.54, 1.807) is 0 Å². The topological polar surface area (TPSA) is 45.3 Å². The maximum Gasteiger partial charge on any atom is 0.227 e. The molecule has 1 aliphatic heterocycles. The summed E-state index contributed by atoms with van der Waals surface area (Å²) in [7, 11) is 0. The average Bonchev–Trinajstić information content (AvgIpc) is 2.75. The number of H-pyrrole nitrogens is 1. The molecule has 1 fully saturated rings. The molecule has 2 heterocycles. The molecule has 0 unspecified atom stereocenters. The molecule has 1 amide bonds. The second-order valence-corrected chi connectivity index (χ2v) is 6.99. The fourth-order valence-electron chi connectivity index (χ4n) is 2.44. The number of nitrogens with one attached hydrogen (secondary N) is 1. The molecule has 1 N–H and O–H groups in total. The van der Waals surface area contributed by atoms with Gasteiger partial charge in [-0.25, -0.2) is 0 Å². The molecular weight excluding hydrogens is 292 g/mol. The van der Waals surface area contributed by atoms with Crippen LogP contribution in [0.2, 0.25) is 0 Å². The van der Waals surface area contributed by atoms with Gasteiger partial charge in [0.15, 0.2) is 3.95 Å². The molecule has 1 atom stereocenters. The van der Waals surface area contributed by atoms with E-state index < -0.39 is 0 Å². The molecule has 0 radical (unpaired) electrons. The SMILES string of the molecule is CCCO[C@@H]1CCCN(C(=O)Cc2sc(=S)[nH]c2C)C1. The van der Waals surface area contributed by atoms with E-state index in [1.165, 1.54) is 11.3 Å². The van der Waals surface area contributed by atoms with E-state index in [9.17, 15) is 4.79 Å². The third-order valence-electron chi connectivity index (χ3n) is 3.52. The van der Waals surface area contributed by atoms with Crippen LogP contribution in [0.15, 0.2) is 0 Å². The number of rotatable bonds is 5. The van der Waals surface area contributed by atoms with Crippen LogP contribution < -0.4 is 0 Å². The van der Waals surface area contributed by atoms with E-state index >= 15 is 0 Å². The molecule has 0 aromatic carbocycles. The van der Waals surface area contributed by atoms with Crippen molar-refractivity contribution in [2.24, 2.45) is 0 Å². The second-order valence-electron chi connectivity index (χ2n) is 5.21. The smallest absolute Gasteiger partial charge is 0.227 e. The molecule has 2 rings (SSSR count). The predicted molar refractivity (Wildman–Crippen MR) is 83.8 cm³/mol. The summed E-state index contributed by atoms with van der Waals surface area (Å²) in [6.07, 6.45) is 3.77. The summed E-state index contributed by atoms with van der Waals surface area (Å²) in [6, 6.07) is 0. The summed E-state index contributed by atoms with van der Waals surface area (Å²) in [5.41, 5.74) is 1.02. The average molecular weight is 314 g/mol. The van der Waals surface area contributed by atoms with Crippen molar-refractivity contribution in [1.82, 2.24) is 9.88 Å². The van der Waals surface area contributed by atoms with Crippen LogP contribution in [0.4, 0.5) is 0 Å². The molecule has 0 saturated carbocycles. The van der Waals surface area contributed by atoms with Crippen LogP contribution in [0.1, 0.15) is 36.8 Å². The maximum absolute atomic E-state index is 12.4. The van der Waals surface area contributed by atoms with E-state index in [0.717, 1.165) is 53.5 Å². The van der Waals surface area contributed by atoms with Crippen molar-refractivity contribution < 1.29 is 9.53 Å². The molecule has 1 aromatic rings. The van der Waals surface area contributed by atoms with Crippen LogP contribution in [-0.2, 0) is 16.0 Å². The number of carbonyl (C=O) groups is 1. The van der Waals surface area contributed by atoms with Crippen LogP contribution in [-0.4, -0.2) is 41.6 Å². The van der Waals surface area contributed by atoms with Gasteiger partial charge in [-0.15, -0.1) is 11.3 Å². The number of aromatic nitrogens is 1. The van der Waals surface area contributed by atoms with Crippen molar-refractivity contribution in [3.63, 3.8) is 0 Å². The lowest BCUT2D eigenvalue weighted by atomic mass is 10.1. The lowest BCUT2D eigenvalue weighted by Gasteiger charge is -2.32. The van der Waals surface area contributed by atoms with Crippen LogP contribution in [0.5, 0.6) is 0 Å². The normalized spacial score (nSPS) is 19.3. The van der Waals surface area contributed by atoms with Gasteiger partial charge in [-0.1, -0.05) is 6.92 Å². The third-order valence-corrected chi connectivity index (χ3v) is 4.86. The Balaban J connectivity index is 1.91. The van der Waals surface area contributed by atoms with E-state index in [1.807, 2.05) is 11.8 Å². The third kappa shape index (κ3) is 4.14. The van der Waals surface area contributed by atoms with Crippen molar-refractivity contribution in [1.29, 1.82) is 0 Å². The van der Waals surface area contributed by atoms with Crippen molar-refractivity contribution in [3.05, 3.63) is 14.5 Å². The van der Waals surface area contributed by atoms with Gasteiger partial charge in [0.2, 0.25) is 5.91 Å². The zero-order chi connectivity index (χ0) is 14.5. The highest BCUT2D eigenvalue weighted by Gasteiger charge is 2.24. The lowest BCUT2D eigenvalue weighted by Crippen LogP contribution is -2.43. The van der Waals surface area contributed by atoms with Crippen LogP contribution >= 0.6 is 23.6 Å². The summed E-state index contributed by atoms with van der Waals surface area (Å²) in [5, 5.41) is 0. The van der Waals surface area contributed by atoms with Crippen LogP contribution in [0.25, 0.3) is 0 Å². The maximum atomic E-state index is 12.4. The van der Waals surface area contributed by atoms with E-state index in [-0.39, 0.29) is 12.0 Å². The number of aromatic amines is 1. The van der Waals surface area contributed by atoms with Gasteiger partial charge in [0.1, 0.15) is 0 Å². The Hall–Kier alpha value is -0.720. The molecule has 1 aromatic heterocycles. The summed E-state index contributed by atoms with van der Waals surface area (Å²) in [6.45, 7) is 6.44. The lowest BCUT2D eigenvalue weighted by molar-refractivity contribution is -0.134. The predicted octanol–water partition coefficient (Wildman–Crippen LogP) is 3.07. The number of likely N-dealkylation sites (tertiary alicyclic amines) is 1. The number of thiazole rings is 1. The summed E-state index contributed by atoms with van der Waals surface area (Å²) >= 11 is 6.62. The Kier molecular flexibility index (Phi) is 5.74. The number of hydrogen-bond acceptors (Lipinski definition) is 4. The van der Waals surface area contributed by atoms with Gasteiger partial charge in [0.25, 0.3) is 0 Å². The minimum absolute atomic E-state index is 0.183. The molecule has 112 valence electrons. The highest BCUT2D eigenvalue weighted by molar-refractivity contribution is 7.73. The van der Waals surface area contributed by atoms with Gasteiger partial charge in [-0.2, -0.15) is 0 Å². The zero-order valence-corrected chi connectivity index (χ0v) is 13.7. The minimum atomic E-state index is 0.183. The first-order valence-corrected chi connectivity index (χ1v) is 8.40. The first-order chi connectivity index (χ1) is 9.60. The van der Waals surface area contributed by atoms with Gasteiger partial charge in [0.05, 0.1) is 12.5 Å². The Morgan fingerprint density at radius 3 is 3.05 bits per heavy atom. The van der Waals surface area contributed by atoms with Crippen molar-refractivity contribution in [2.75, 3.05) is 19.7 Å². The highest BCUT2D eigenvalue weighted by Crippen LogP contribution is 2.19. The van der Waals surface area contributed by atoms with Crippen LogP contribution in [0, 0.1) is 10.9 Å². The highest BCUT2D eigenvalue weighted by atomic mass is 32.1. The number of hydrogen-bond donors (Lipinski definition) is 1. The van der Waals surface area contributed by atoms with E-state index in [0.29, 0.717) is 6.42 Å². The Morgan fingerprint density at radius 1 is 1.60 bits per heavy atom. The number of aryl methyl sites for hydroxylation is 1. The Morgan fingerprint density at radius 2 is 2.40 bits per heavy atom. The zero-order valence-electron chi connectivity index (χ0n) is 12.1. The first kappa shape index (κ1) is 15.7. The van der Waals surface area contributed by atoms with Crippen LogP contribution in [0.3, 0.4) is 0 Å². The monoisotopic (exact) mass is 314 g/mol. The molecule has 0 aliphatic carbocycles. The molecule has 1 saturated heterocycles. The molecule has 6 heteroatoms. The Bertz CT molecular complexity index is 510. The fourth-order valence-corrected chi connectivity index (χ4v) is 3.72. The van der Waals surface area contributed by atoms with Gasteiger partial charge >= 0.3 is 0 Å². The molecule has 20 heavy (non-hydrogen) atoms. The van der Waals surface area contributed by atoms with Crippen molar-refractivity contribution >= 4 is 29.5 Å². The van der Waals surface area contributed by atoms with E-state index in [4.69, 9.17) is 17.0 Å². The van der Waals surface area contributed by atoms with E-state index in [2.05, 4.69) is 11.9 Å². The van der Waals surface area contributed by atoms with Gasteiger partial charge < -0.3 is 14.6 Å². The number of carbonyl (C=O) groups excluding carboxylic acids is 1. The molecule has 0 spiro atoms. The van der Waals surface area contributed by atoms with Gasteiger partial charge in [-0.05, 0) is 38.4 Å². The van der Waals surface area contributed by atoms with Crippen molar-refractivity contribution in [3.8, 4) is 0 Å². The summed E-state index contributed by atoms with van der Waals surface area (Å²) in [5.74, 6) is 0.183. The van der Waals surface area contributed by atoms with Gasteiger partial charge in [-0.3, -0.25) is 4.79 Å². The molecular formula is C14H22N2O2S2. The molecule has 4 nitrogen and oxygen atoms in total. The minimum Gasteiger partial charge on any atom is -0.376 e.